The first-order chi connectivity index (χ1) is 12.0. The first-order valence-corrected chi connectivity index (χ1v) is 8.49. The van der Waals surface area contributed by atoms with E-state index in [-0.39, 0.29) is 11.7 Å². The van der Waals surface area contributed by atoms with E-state index >= 15 is 0 Å². The average molecular weight is 342 g/mol. The summed E-state index contributed by atoms with van der Waals surface area (Å²) in [6.07, 6.45) is 3.09. The topological polar surface area (TPSA) is 91.4 Å². The molecule has 0 radical (unpaired) electrons. The number of anilines is 1. The molecule has 1 heterocycles. The number of nitrogens with one attached hydrogen (secondary N) is 2. The minimum atomic E-state index is -0.461. The molecule has 2 unspecified atom stereocenters. The Bertz CT molecular complexity index is 798. The van der Waals surface area contributed by atoms with E-state index in [1.165, 1.54) is 6.07 Å². The van der Waals surface area contributed by atoms with Crippen molar-refractivity contribution in [3.8, 4) is 5.75 Å². The number of carbonyl (C=O) groups is 1. The lowest BCUT2D eigenvalue weighted by atomic mass is 9.95. The van der Waals surface area contributed by atoms with Gasteiger partial charge in [0.25, 0.3) is 11.5 Å². The van der Waals surface area contributed by atoms with Crippen molar-refractivity contribution < 1.29 is 14.6 Å². The van der Waals surface area contributed by atoms with Gasteiger partial charge in [-0.1, -0.05) is 6.42 Å². The number of hydrogen-bond donors (Lipinski definition) is 3. The first-order valence-electron chi connectivity index (χ1n) is 8.49. The van der Waals surface area contributed by atoms with Gasteiger partial charge in [-0.2, -0.15) is 0 Å². The molecule has 3 rings (SSSR count). The predicted octanol–water partition coefficient (Wildman–Crippen LogP) is 2.62. The molecular weight excluding hydrogens is 320 g/mol. The van der Waals surface area contributed by atoms with Gasteiger partial charge >= 0.3 is 0 Å². The molecule has 1 aromatic heterocycles. The van der Waals surface area contributed by atoms with Gasteiger partial charge in [-0.05, 0) is 62.6 Å². The molecule has 0 saturated heterocycles. The largest absolute Gasteiger partial charge is 0.488 e. The number of pyridine rings is 1. The van der Waals surface area contributed by atoms with Crippen LogP contribution in [0.25, 0.3) is 0 Å². The van der Waals surface area contributed by atoms with E-state index in [0.717, 1.165) is 25.7 Å². The maximum atomic E-state index is 12.2. The van der Waals surface area contributed by atoms with Crippen molar-refractivity contribution in [1.29, 1.82) is 0 Å². The zero-order valence-corrected chi connectivity index (χ0v) is 14.1. The van der Waals surface area contributed by atoms with E-state index in [4.69, 9.17) is 4.74 Å². The Morgan fingerprint density at radius 3 is 2.56 bits per heavy atom. The molecule has 0 aliphatic heterocycles. The number of aromatic amines is 1. The number of ether oxygens (including phenoxy) is 1. The van der Waals surface area contributed by atoms with E-state index in [9.17, 15) is 14.7 Å². The summed E-state index contributed by atoms with van der Waals surface area (Å²) in [4.78, 5) is 26.6. The highest BCUT2D eigenvalue weighted by atomic mass is 16.5. The standard InChI is InChI=1S/C19H22N2O4/c1-12-6-11-15(18(23)20-12)19(24)21-13-7-9-14(10-8-13)25-17-5-3-2-4-16(17)22/h6-11,16-17,22H,2-5H2,1H3,(H,20,23)(H,21,24). The number of aliphatic hydroxyl groups is 1. The van der Waals surface area contributed by atoms with Crippen LogP contribution in [0.5, 0.6) is 5.75 Å². The van der Waals surface area contributed by atoms with E-state index in [2.05, 4.69) is 10.3 Å². The van der Waals surface area contributed by atoms with Crippen LogP contribution in [0.3, 0.4) is 0 Å². The minimum absolute atomic E-state index is 0.0660. The second-order valence-electron chi connectivity index (χ2n) is 6.37. The summed E-state index contributed by atoms with van der Waals surface area (Å²) in [6.45, 7) is 1.76. The number of benzene rings is 1. The molecule has 0 spiro atoms. The third-order valence-electron chi connectivity index (χ3n) is 4.37. The molecule has 1 fully saturated rings. The number of aliphatic hydroxyl groups excluding tert-OH is 1. The highest BCUT2D eigenvalue weighted by molar-refractivity contribution is 6.03. The summed E-state index contributed by atoms with van der Waals surface area (Å²) in [5.74, 6) is 0.190. The molecule has 2 atom stereocenters. The van der Waals surface area contributed by atoms with Crippen LogP contribution in [0.15, 0.2) is 41.2 Å². The number of aryl methyl sites for hydroxylation is 1. The summed E-state index contributed by atoms with van der Waals surface area (Å²) in [5, 5.41) is 12.7. The Balaban J connectivity index is 1.64. The second-order valence-corrected chi connectivity index (χ2v) is 6.37. The SMILES string of the molecule is Cc1ccc(C(=O)Nc2ccc(OC3CCCCC3O)cc2)c(=O)[nH]1. The normalized spacial score (nSPS) is 20.1. The second kappa shape index (κ2) is 7.53. The van der Waals surface area contributed by atoms with Crippen LogP contribution in [-0.2, 0) is 0 Å². The number of aromatic nitrogens is 1. The summed E-state index contributed by atoms with van der Waals surface area (Å²) < 4.78 is 5.83. The highest BCUT2D eigenvalue weighted by Crippen LogP contribution is 2.25. The quantitative estimate of drug-likeness (QED) is 0.796. The number of rotatable bonds is 4. The lowest BCUT2D eigenvalue weighted by molar-refractivity contribution is 0.00688. The minimum Gasteiger partial charge on any atom is -0.488 e. The van der Waals surface area contributed by atoms with Crippen LogP contribution < -0.4 is 15.6 Å². The van der Waals surface area contributed by atoms with Crippen LogP contribution in [0.4, 0.5) is 5.69 Å². The zero-order valence-electron chi connectivity index (χ0n) is 14.1. The first kappa shape index (κ1) is 17.2. The molecular formula is C19H22N2O4. The Morgan fingerprint density at radius 1 is 1.16 bits per heavy atom. The molecule has 3 N–H and O–H groups in total. The lowest BCUT2D eigenvalue weighted by Crippen LogP contribution is -2.34. The zero-order chi connectivity index (χ0) is 17.8. The van der Waals surface area contributed by atoms with E-state index < -0.39 is 17.6 Å². The van der Waals surface area contributed by atoms with Gasteiger partial charge in [-0.3, -0.25) is 9.59 Å². The number of amides is 1. The Kier molecular flexibility index (Phi) is 5.19. The highest BCUT2D eigenvalue weighted by Gasteiger charge is 2.24. The Morgan fingerprint density at radius 2 is 1.88 bits per heavy atom. The Labute approximate surface area is 145 Å². The van der Waals surface area contributed by atoms with E-state index in [1.54, 1.807) is 37.3 Å². The van der Waals surface area contributed by atoms with Crippen LogP contribution >= 0.6 is 0 Å². The fourth-order valence-electron chi connectivity index (χ4n) is 2.96. The third-order valence-corrected chi connectivity index (χ3v) is 4.37. The van der Waals surface area contributed by atoms with Gasteiger partial charge in [0, 0.05) is 11.4 Å². The lowest BCUT2D eigenvalue weighted by Gasteiger charge is -2.28. The van der Waals surface area contributed by atoms with Gasteiger partial charge in [-0.15, -0.1) is 0 Å². The fraction of sp³-hybridized carbons (Fsp3) is 0.368. The van der Waals surface area contributed by atoms with Gasteiger partial charge in [0.15, 0.2) is 0 Å². The van der Waals surface area contributed by atoms with Gasteiger partial charge in [0.05, 0.1) is 6.10 Å². The van der Waals surface area contributed by atoms with Gasteiger partial charge in [-0.25, -0.2) is 0 Å². The van der Waals surface area contributed by atoms with E-state index in [1.807, 2.05) is 0 Å². The van der Waals surface area contributed by atoms with Crippen molar-refractivity contribution in [3.05, 3.63) is 58.0 Å². The summed E-state index contributed by atoms with van der Waals surface area (Å²) in [6, 6.07) is 10.1. The maximum absolute atomic E-state index is 12.2. The van der Waals surface area contributed by atoms with Crippen molar-refractivity contribution in [1.82, 2.24) is 4.98 Å². The van der Waals surface area contributed by atoms with Crippen molar-refractivity contribution in [3.63, 3.8) is 0 Å². The van der Waals surface area contributed by atoms with Gasteiger partial charge < -0.3 is 20.1 Å². The smallest absolute Gasteiger partial charge is 0.261 e. The molecule has 6 heteroatoms. The summed E-state index contributed by atoms with van der Waals surface area (Å²) in [5.41, 5.74) is 0.925. The molecule has 25 heavy (non-hydrogen) atoms. The Hall–Kier alpha value is -2.60. The van der Waals surface area contributed by atoms with Crippen LogP contribution in [-0.4, -0.2) is 28.2 Å². The number of hydrogen-bond acceptors (Lipinski definition) is 4. The van der Waals surface area contributed by atoms with Crippen molar-refractivity contribution in [2.75, 3.05) is 5.32 Å². The molecule has 1 amide bonds. The fourth-order valence-corrected chi connectivity index (χ4v) is 2.96. The summed E-state index contributed by atoms with van der Waals surface area (Å²) in [7, 11) is 0. The van der Waals surface area contributed by atoms with Crippen molar-refractivity contribution in [2.24, 2.45) is 0 Å². The number of carbonyl (C=O) groups excluding carboxylic acids is 1. The maximum Gasteiger partial charge on any atom is 0.261 e. The van der Waals surface area contributed by atoms with Crippen LogP contribution in [0, 0.1) is 6.92 Å². The molecule has 6 nitrogen and oxygen atoms in total. The van der Waals surface area contributed by atoms with Gasteiger partial charge in [0.2, 0.25) is 0 Å². The third kappa shape index (κ3) is 4.28. The molecule has 1 aliphatic carbocycles. The van der Waals surface area contributed by atoms with Gasteiger partial charge in [0.1, 0.15) is 17.4 Å². The summed E-state index contributed by atoms with van der Waals surface area (Å²) >= 11 is 0. The molecule has 1 aliphatic rings. The monoisotopic (exact) mass is 342 g/mol. The van der Waals surface area contributed by atoms with Crippen molar-refractivity contribution >= 4 is 11.6 Å². The van der Waals surface area contributed by atoms with Crippen molar-refractivity contribution in [2.45, 2.75) is 44.8 Å². The molecule has 0 bridgehead atoms. The number of H-pyrrole nitrogens is 1. The molecule has 2 aromatic rings. The average Bonchev–Trinajstić information content (AvgIpc) is 2.58. The van der Waals surface area contributed by atoms with Crippen LogP contribution in [0.2, 0.25) is 0 Å². The molecule has 132 valence electrons. The predicted molar refractivity (Wildman–Crippen MR) is 95.1 cm³/mol. The van der Waals surface area contributed by atoms with Crippen LogP contribution in [0.1, 0.15) is 41.7 Å². The molecule has 1 saturated carbocycles. The van der Waals surface area contributed by atoms with E-state index in [0.29, 0.717) is 17.1 Å². The molecule has 1 aromatic carbocycles.